The molecule has 2 rings (SSSR count). The molecule has 1 aromatic heterocycles. The fourth-order valence-corrected chi connectivity index (χ4v) is 2.10. The Hall–Kier alpha value is -1.07. The molecule has 1 aliphatic rings. The summed E-state index contributed by atoms with van der Waals surface area (Å²) in [5.41, 5.74) is 1.53. The fourth-order valence-electron chi connectivity index (χ4n) is 2.10. The summed E-state index contributed by atoms with van der Waals surface area (Å²) >= 11 is 0. The van der Waals surface area contributed by atoms with Crippen LogP contribution in [0.3, 0.4) is 0 Å². The van der Waals surface area contributed by atoms with E-state index in [1.807, 2.05) is 6.07 Å². The van der Waals surface area contributed by atoms with Gasteiger partial charge in [-0.15, -0.1) is 12.4 Å². The van der Waals surface area contributed by atoms with E-state index in [9.17, 15) is 4.79 Å². The zero-order valence-corrected chi connectivity index (χ0v) is 10.9. The van der Waals surface area contributed by atoms with Crippen molar-refractivity contribution < 1.29 is 9.53 Å². The standard InChI is InChI=1S/C11H17N3O2.ClH/c1-14-10(11(15)16-2)7-9(13-14)8-3-5-12-6-4-8;/h7-8,12H,3-6H2,1-2H3;1H. The van der Waals surface area contributed by atoms with Crippen LogP contribution >= 0.6 is 12.4 Å². The highest BCUT2D eigenvalue weighted by atomic mass is 35.5. The highest BCUT2D eigenvalue weighted by Gasteiger charge is 2.21. The molecule has 2 heterocycles. The second-order valence-electron chi connectivity index (χ2n) is 4.09. The van der Waals surface area contributed by atoms with E-state index in [2.05, 4.69) is 10.4 Å². The number of methoxy groups -OCH3 is 1. The van der Waals surface area contributed by atoms with Gasteiger partial charge in [-0.2, -0.15) is 5.10 Å². The number of piperidine rings is 1. The van der Waals surface area contributed by atoms with E-state index in [0.717, 1.165) is 31.6 Å². The number of hydrogen-bond acceptors (Lipinski definition) is 4. The van der Waals surface area contributed by atoms with Crippen molar-refractivity contribution in [2.45, 2.75) is 18.8 Å². The molecule has 0 aromatic carbocycles. The lowest BCUT2D eigenvalue weighted by Crippen LogP contribution is -2.26. The fraction of sp³-hybridized carbons (Fsp3) is 0.636. The molecule has 17 heavy (non-hydrogen) atoms. The van der Waals surface area contributed by atoms with Gasteiger partial charge in [-0.1, -0.05) is 0 Å². The van der Waals surface area contributed by atoms with Gasteiger partial charge < -0.3 is 10.1 Å². The highest BCUT2D eigenvalue weighted by Crippen LogP contribution is 2.24. The van der Waals surface area contributed by atoms with E-state index in [-0.39, 0.29) is 18.4 Å². The maximum absolute atomic E-state index is 11.4. The second kappa shape index (κ2) is 6.02. The summed E-state index contributed by atoms with van der Waals surface area (Å²) in [7, 11) is 3.16. The van der Waals surface area contributed by atoms with Crippen LogP contribution < -0.4 is 5.32 Å². The lowest BCUT2D eigenvalue weighted by atomic mass is 9.95. The van der Waals surface area contributed by atoms with Crippen molar-refractivity contribution in [2.24, 2.45) is 7.05 Å². The van der Waals surface area contributed by atoms with Crippen molar-refractivity contribution in [1.82, 2.24) is 15.1 Å². The quantitative estimate of drug-likeness (QED) is 0.808. The van der Waals surface area contributed by atoms with Gasteiger partial charge in [0, 0.05) is 13.0 Å². The topological polar surface area (TPSA) is 56.1 Å². The largest absolute Gasteiger partial charge is 0.464 e. The van der Waals surface area contributed by atoms with E-state index in [0.29, 0.717) is 11.6 Å². The highest BCUT2D eigenvalue weighted by molar-refractivity contribution is 5.87. The number of esters is 1. The van der Waals surface area contributed by atoms with Crippen LogP contribution in [0.4, 0.5) is 0 Å². The molecule has 0 aliphatic carbocycles. The first-order chi connectivity index (χ1) is 7.72. The van der Waals surface area contributed by atoms with Gasteiger partial charge in [-0.3, -0.25) is 4.68 Å². The number of halogens is 1. The van der Waals surface area contributed by atoms with Crippen LogP contribution in [0.1, 0.15) is 34.9 Å². The number of hydrogen-bond donors (Lipinski definition) is 1. The summed E-state index contributed by atoms with van der Waals surface area (Å²) in [5.74, 6) is 0.140. The normalized spacial score (nSPS) is 16.4. The molecular weight excluding hydrogens is 242 g/mol. The van der Waals surface area contributed by atoms with Crippen molar-refractivity contribution in [3.63, 3.8) is 0 Å². The zero-order chi connectivity index (χ0) is 11.5. The summed E-state index contributed by atoms with van der Waals surface area (Å²) in [6.45, 7) is 2.05. The van der Waals surface area contributed by atoms with E-state index >= 15 is 0 Å². The molecule has 1 saturated heterocycles. The number of aromatic nitrogens is 2. The Kier molecular flexibility index (Phi) is 4.96. The molecule has 0 saturated carbocycles. The summed E-state index contributed by atoms with van der Waals surface area (Å²) in [6.07, 6.45) is 2.16. The van der Waals surface area contributed by atoms with Crippen molar-refractivity contribution >= 4 is 18.4 Å². The van der Waals surface area contributed by atoms with Gasteiger partial charge in [0.2, 0.25) is 0 Å². The molecule has 1 N–H and O–H groups in total. The van der Waals surface area contributed by atoms with Gasteiger partial charge in [0.05, 0.1) is 12.8 Å². The number of carbonyl (C=O) groups excluding carboxylic acids is 1. The predicted octanol–water partition coefficient (Wildman–Crippen LogP) is 1.10. The van der Waals surface area contributed by atoms with E-state index in [1.165, 1.54) is 7.11 Å². The molecule has 0 spiro atoms. The van der Waals surface area contributed by atoms with Crippen molar-refractivity contribution in [3.8, 4) is 0 Å². The van der Waals surface area contributed by atoms with Crippen molar-refractivity contribution in [1.29, 1.82) is 0 Å². The Morgan fingerprint density at radius 1 is 1.53 bits per heavy atom. The number of rotatable bonds is 2. The molecule has 5 nitrogen and oxygen atoms in total. The number of aryl methyl sites for hydroxylation is 1. The van der Waals surface area contributed by atoms with Crippen LogP contribution in [0.15, 0.2) is 6.07 Å². The first-order valence-electron chi connectivity index (χ1n) is 5.55. The minimum atomic E-state index is -0.324. The smallest absolute Gasteiger partial charge is 0.356 e. The minimum Gasteiger partial charge on any atom is -0.464 e. The van der Waals surface area contributed by atoms with Crippen LogP contribution in [0.5, 0.6) is 0 Å². The minimum absolute atomic E-state index is 0. The third kappa shape index (κ3) is 2.98. The van der Waals surface area contributed by atoms with Gasteiger partial charge in [0.15, 0.2) is 0 Å². The Morgan fingerprint density at radius 3 is 2.76 bits per heavy atom. The molecule has 1 aromatic rings. The molecule has 0 unspecified atom stereocenters. The number of carbonyl (C=O) groups is 1. The van der Waals surface area contributed by atoms with E-state index in [1.54, 1.807) is 11.7 Å². The van der Waals surface area contributed by atoms with Gasteiger partial charge in [-0.25, -0.2) is 4.79 Å². The monoisotopic (exact) mass is 259 g/mol. The molecule has 1 aliphatic heterocycles. The molecule has 0 amide bonds. The summed E-state index contributed by atoms with van der Waals surface area (Å²) in [5, 5.41) is 7.71. The molecule has 0 bridgehead atoms. The second-order valence-corrected chi connectivity index (χ2v) is 4.09. The summed E-state index contributed by atoms with van der Waals surface area (Å²) in [4.78, 5) is 11.4. The van der Waals surface area contributed by atoms with Crippen molar-refractivity contribution in [2.75, 3.05) is 20.2 Å². The van der Waals surface area contributed by atoms with Crippen LogP contribution in [-0.4, -0.2) is 35.9 Å². The Labute approximate surface area is 107 Å². The third-order valence-electron chi connectivity index (χ3n) is 3.05. The number of nitrogens with zero attached hydrogens (tertiary/aromatic N) is 2. The Morgan fingerprint density at radius 2 is 2.18 bits per heavy atom. The molecule has 0 radical (unpaired) electrons. The van der Waals surface area contributed by atoms with Crippen LogP contribution in [0.25, 0.3) is 0 Å². The zero-order valence-electron chi connectivity index (χ0n) is 10.1. The number of nitrogens with one attached hydrogen (secondary N) is 1. The number of ether oxygens (including phenoxy) is 1. The maximum atomic E-state index is 11.4. The first kappa shape index (κ1) is 14.0. The van der Waals surface area contributed by atoms with Crippen LogP contribution in [-0.2, 0) is 11.8 Å². The summed E-state index contributed by atoms with van der Waals surface area (Å²) < 4.78 is 6.31. The average Bonchev–Trinajstić information content (AvgIpc) is 2.71. The lowest BCUT2D eigenvalue weighted by Gasteiger charge is -2.20. The Balaban J connectivity index is 0.00000144. The molecule has 0 atom stereocenters. The van der Waals surface area contributed by atoms with Crippen molar-refractivity contribution in [3.05, 3.63) is 17.5 Å². The van der Waals surface area contributed by atoms with E-state index in [4.69, 9.17) is 4.74 Å². The lowest BCUT2D eigenvalue weighted by molar-refractivity contribution is 0.0588. The van der Waals surface area contributed by atoms with Gasteiger partial charge in [0.25, 0.3) is 0 Å². The maximum Gasteiger partial charge on any atom is 0.356 e. The van der Waals surface area contributed by atoms with Gasteiger partial charge >= 0.3 is 5.97 Å². The summed E-state index contributed by atoms with van der Waals surface area (Å²) in [6, 6.07) is 1.85. The Bertz CT molecular complexity index is 386. The molecule has 96 valence electrons. The predicted molar refractivity (Wildman–Crippen MR) is 66.6 cm³/mol. The molecule has 1 fully saturated rings. The van der Waals surface area contributed by atoms with Crippen LogP contribution in [0, 0.1) is 0 Å². The van der Waals surface area contributed by atoms with E-state index < -0.39 is 0 Å². The van der Waals surface area contributed by atoms with Crippen LogP contribution in [0.2, 0.25) is 0 Å². The SMILES string of the molecule is COC(=O)c1cc(C2CCNCC2)nn1C.Cl. The first-order valence-corrected chi connectivity index (χ1v) is 5.55. The molecule has 6 heteroatoms. The molecular formula is C11H18ClN3O2. The third-order valence-corrected chi connectivity index (χ3v) is 3.05. The van der Waals surface area contributed by atoms with Gasteiger partial charge in [-0.05, 0) is 32.0 Å². The van der Waals surface area contributed by atoms with Gasteiger partial charge in [0.1, 0.15) is 5.69 Å². The average molecular weight is 260 g/mol.